The Hall–Kier alpha value is -4.31. The number of hydrogen-bond acceptors (Lipinski definition) is 7. The van der Waals surface area contributed by atoms with Crippen molar-refractivity contribution in [3.8, 4) is 17.3 Å². The van der Waals surface area contributed by atoms with Crippen LogP contribution in [-0.4, -0.2) is 26.9 Å². The van der Waals surface area contributed by atoms with Crippen LogP contribution in [0.3, 0.4) is 0 Å². The van der Waals surface area contributed by atoms with Crippen molar-refractivity contribution >= 4 is 49.7 Å². The van der Waals surface area contributed by atoms with Crippen LogP contribution in [0.5, 0.6) is 5.75 Å². The summed E-state index contributed by atoms with van der Waals surface area (Å²) >= 11 is 3.46. The summed E-state index contributed by atoms with van der Waals surface area (Å²) in [5.41, 5.74) is 0.879. The third-order valence-corrected chi connectivity index (χ3v) is 6.37. The standard InChI is InChI=1S/C27H21BrN4O5/c1-3-16(2)36-25-17(7-6-10-22(25)32(34)35)15-29-31-26(30-21-9-5-4-8-20(21)27(31)33)24-14-18-13-19(28)11-12-23(18)37-24/h4-16H,3H2,1-2H3/t16-/m0/s1. The summed E-state index contributed by atoms with van der Waals surface area (Å²) in [6.07, 6.45) is 1.76. The zero-order chi connectivity index (χ0) is 26.1. The van der Waals surface area contributed by atoms with Gasteiger partial charge in [0.2, 0.25) is 11.6 Å². The molecule has 0 saturated heterocycles. The number of benzene rings is 3. The van der Waals surface area contributed by atoms with E-state index in [4.69, 9.17) is 9.15 Å². The number of aromatic nitrogens is 2. The Morgan fingerprint density at radius 2 is 2.00 bits per heavy atom. The highest BCUT2D eigenvalue weighted by Gasteiger charge is 2.21. The minimum Gasteiger partial charge on any atom is -0.483 e. The van der Waals surface area contributed by atoms with Crippen molar-refractivity contribution in [3.05, 3.63) is 97.2 Å². The van der Waals surface area contributed by atoms with E-state index in [1.807, 2.05) is 32.0 Å². The molecule has 9 nitrogen and oxygen atoms in total. The molecule has 0 unspecified atom stereocenters. The molecule has 0 aliphatic heterocycles. The van der Waals surface area contributed by atoms with E-state index >= 15 is 0 Å². The van der Waals surface area contributed by atoms with Gasteiger partial charge in [-0.2, -0.15) is 9.78 Å². The summed E-state index contributed by atoms with van der Waals surface area (Å²) in [5.74, 6) is 0.632. The lowest BCUT2D eigenvalue weighted by atomic mass is 10.2. The summed E-state index contributed by atoms with van der Waals surface area (Å²) in [6.45, 7) is 3.75. The molecular formula is C27H21BrN4O5. The van der Waals surface area contributed by atoms with Crippen LogP contribution >= 0.6 is 15.9 Å². The Labute approximate surface area is 219 Å². The van der Waals surface area contributed by atoms with Gasteiger partial charge in [0.05, 0.1) is 28.1 Å². The molecule has 0 aliphatic rings. The number of nitro groups is 1. The maximum absolute atomic E-state index is 13.5. The number of hydrogen-bond donors (Lipinski definition) is 0. The fraction of sp³-hybridized carbons (Fsp3) is 0.148. The molecule has 5 aromatic rings. The summed E-state index contributed by atoms with van der Waals surface area (Å²) < 4.78 is 13.9. The van der Waals surface area contributed by atoms with Crippen molar-refractivity contribution < 1.29 is 14.1 Å². The summed E-state index contributed by atoms with van der Waals surface area (Å²) in [4.78, 5) is 29.4. The van der Waals surface area contributed by atoms with Gasteiger partial charge in [-0.15, -0.1) is 0 Å². The minimum absolute atomic E-state index is 0.0857. The fourth-order valence-electron chi connectivity index (χ4n) is 3.84. The van der Waals surface area contributed by atoms with Crippen LogP contribution in [0.1, 0.15) is 25.8 Å². The van der Waals surface area contributed by atoms with Crippen LogP contribution in [0.4, 0.5) is 5.69 Å². The van der Waals surface area contributed by atoms with E-state index in [9.17, 15) is 14.9 Å². The molecule has 186 valence electrons. The van der Waals surface area contributed by atoms with Crippen molar-refractivity contribution in [3.63, 3.8) is 0 Å². The first kappa shape index (κ1) is 24.4. The van der Waals surface area contributed by atoms with E-state index < -0.39 is 10.5 Å². The lowest BCUT2D eigenvalue weighted by Crippen LogP contribution is -2.20. The number of furan rings is 1. The van der Waals surface area contributed by atoms with Crippen LogP contribution in [-0.2, 0) is 0 Å². The molecule has 2 heterocycles. The largest absolute Gasteiger partial charge is 0.483 e. The predicted molar refractivity (Wildman–Crippen MR) is 145 cm³/mol. The second kappa shape index (κ2) is 9.98. The first-order valence-corrected chi connectivity index (χ1v) is 12.3. The number of halogens is 1. The minimum atomic E-state index is -0.503. The highest BCUT2D eigenvalue weighted by molar-refractivity contribution is 9.10. The van der Waals surface area contributed by atoms with Crippen molar-refractivity contribution in [2.45, 2.75) is 26.4 Å². The smallest absolute Gasteiger partial charge is 0.311 e. The predicted octanol–water partition coefficient (Wildman–Crippen LogP) is 6.54. The van der Waals surface area contributed by atoms with Crippen molar-refractivity contribution in [1.29, 1.82) is 0 Å². The van der Waals surface area contributed by atoms with E-state index in [0.29, 0.717) is 34.2 Å². The Balaban J connectivity index is 1.71. The fourth-order valence-corrected chi connectivity index (χ4v) is 4.21. The molecule has 0 spiro atoms. The second-order valence-corrected chi connectivity index (χ2v) is 9.31. The normalized spacial score (nSPS) is 12.4. The average molecular weight is 561 g/mol. The van der Waals surface area contributed by atoms with Gasteiger partial charge in [0.1, 0.15) is 5.58 Å². The number of nitrogens with zero attached hydrogens (tertiary/aromatic N) is 4. The lowest BCUT2D eigenvalue weighted by Gasteiger charge is -2.14. The maximum Gasteiger partial charge on any atom is 0.311 e. The summed E-state index contributed by atoms with van der Waals surface area (Å²) in [5, 5.41) is 17.3. The summed E-state index contributed by atoms with van der Waals surface area (Å²) in [6, 6.07) is 18.9. The number of fused-ring (bicyclic) bond motifs is 2. The number of rotatable bonds is 7. The molecule has 0 fully saturated rings. The molecule has 2 aromatic heterocycles. The van der Waals surface area contributed by atoms with E-state index in [-0.39, 0.29) is 23.4 Å². The molecule has 0 aliphatic carbocycles. The van der Waals surface area contributed by atoms with Gasteiger partial charge in [-0.1, -0.05) is 41.1 Å². The highest BCUT2D eigenvalue weighted by atomic mass is 79.9. The topological polar surface area (TPSA) is 113 Å². The van der Waals surface area contributed by atoms with Crippen LogP contribution in [0.15, 0.2) is 85.5 Å². The Bertz CT molecular complexity index is 1740. The molecule has 0 N–H and O–H groups in total. The van der Waals surface area contributed by atoms with Crippen molar-refractivity contribution in [2.75, 3.05) is 0 Å². The van der Waals surface area contributed by atoms with E-state index in [1.54, 1.807) is 42.5 Å². The molecule has 1 atom stereocenters. The molecule has 10 heteroatoms. The molecule has 5 rings (SSSR count). The van der Waals surface area contributed by atoms with E-state index in [2.05, 4.69) is 26.0 Å². The molecule has 37 heavy (non-hydrogen) atoms. The van der Waals surface area contributed by atoms with Crippen LogP contribution < -0.4 is 10.3 Å². The van der Waals surface area contributed by atoms with Gasteiger partial charge in [-0.25, -0.2) is 4.98 Å². The molecule has 3 aromatic carbocycles. The van der Waals surface area contributed by atoms with Gasteiger partial charge in [0.15, 0.2) is 5.76 Å². The first-order chi connectivity index (χ1) is 17.9. The van der Waals surface area contributed by atoms with Gasteiger partial charge < -0.3 is 9.15 Å². The Kier molecular flexibility index (Phi) is 6.58. The molecule has 0 radical (unpaired) electrons. The van der Waals surface area contributed by atoms with E-state index in [0.717, 1.165) is 14.5 Å². The van der Waals surface area contributed by atoms with Crippen LogP contribution in [0.2, 0.25) is 0 Å². The summed E-state index contributed by atoms with van der Waals surface area (Å²) in [7, 11) is 0. The molecule has 0 bridgehead atoms. The van der Waals surface area contributed by atoms with Gasteiger partial charge in [-0.05, 0) is 55.8 Å². The van der Waals surface area contributed by atoms with Gasteiger partial charge in [0.25, 0.3) is 5.56 Å². The Morgan fingerprint density at radius 1 is 1.19 bits per heavy atom. The van der Waals surface area contributed by atoms with Gasteiger partial charge in [-0.3, -0.25) is 14.9 Å². The number of ether oxygens (including phenoxy) is 1. The first-order valence-electron chi connectivity index (χ1n) is 11.6. The third-order valence-electron chi connectivity index (χ3n) is 5.88. The van der Waals surface area contributed by atoms with Crippen LogP contribution in [0.25, 0.3) is 33.5 Å². The molecule has 0 saturated carbocycles. The van der Waals surface area contributed by atoms with Crippen molar-refractivity contribution in [1.82, 2.24) is 9.66 Å². The van der Waals surface area contributed by atoms with Gasteiger partial charge in [0, 0.05) is 21.5 Å². The zero-order valence-electron chi connectivity index (χ0n) is 19.9. The quantitative estimate of drug-likeness (QED) is 0.127. The second-order valence-electron chi connectivity index (χ2n) is 8.40. The number of para-hydroxylation sites is 2. The number of nitro benzene ring substituents is 1. The third kappa shape index (κ3) is 4.75. The van der Waals surface area contributed by atoms with Crippen LogP contribution in [0, 0.1) is 10.1 Å². The molecule has 0 amide bonds. The SMILES string of the molecule is CC[C@H](C)Oc1c(C=Nn2c(-c3cc4cc(Br)ccc4o3)nc3ccccc3c2=O)cccc1[N+](=O)[O-]. The maximum atomic E-state index is 13.5. The molecular weight excluding hydrogens is 540 g/mol. The monoisotopic (exact) mass is 560 g/mol. The lowest BCUT2D eigenvalue weighted by molar-refractivity contribution is -0.386. The highest BCUT2D eigenvalue weighted by Crippen LogP contribution is 2.32. The van der Waals surface area contributed by atoms with Gasteiger partial charge >= 0.3 is 5.69 Å². The average Bonchev–Trinajstić information content (AvgIpc) is 3.31. The Morgan fingerprint density at radius 3 is 2.78 bits per heavy atom. The zero-order valence-corrected chi connectivity index (χ0v) is 21.5. The van der Waals surface area contributed by atoms with Crippen molar-refractivity contribution in [2.24, 2.45) is 5.10 Å². The van der Waals surface area contributed by atoms with E-state index in [1.165, 1.54) is 12.3 Å².